The van der Waals surface area contributed by atoms with E-state index in [2.05, 4.69) is 5.32 Å². The maximum atomic E-state index is 11.7. The normalized spacial score (nSPS) is 18.7. The third-order valence-electron chi connectivity index (χ3n) is 2.63. The van der Waals surface area contributed by atoms with E-state index >= 15 is 0 Å². The lowest BCUT2D eigenvalue weighted by Crippen LogP contribution is -2.46. The van der Waals surface area contributed by atoms with Gasteiger partial charge in [0.2, 0.25) is 0 Å². The number of hydrogen-bond acceptors (Lipinski definition) is 2. The van der Waals surface area contributed by atoms with E-state index in [1.165, 1.54) is 0 Å². The first-order chi connectivity index (χ1) is 7.61. The number of anilines is 1. The molecule has 0 radical (unpaired) electrons. The molecule has 0 aromatic heterocycles. The van der Waals surface area contributed by atoms with Crippen molar-refractivity contribution in [2.45, 2.75) is 20.0 Å². The van der Waals surface area contributed by atoms with Crippen LogP contribution in [-0.2, 0) is 0 Å². The van der Waals surface area contributed by atoms with Crippen molar-refractivity contribution < 1.29 is 9.53 Å². The molecule has 1 aromatic rings. The average Bonchev–Trinajstić information content (AvgIpc) is 2.26. The molecule has 0 saturated heterocycles. The molecule has 4 heteroatoms. The summed E-state index contributed by atoms with van der Waals surface area (Å²) in [7, 11) is 1.64. The zero-order valence-corrected chi connectivity index (χ0v) is 9.78. The van der Waals surface area contributed by atoms with Crippen molar-refractivity contribution in [3.05, 3.63) is 23.8 Å². The number of urea groups is 1. The van der Waals surface area contributed by atoms with Crippen molar-refractivity contribution in [2.75, 3.05) is 18.5 Å². The Balaban J connectivity index is 2.41. The van der Waals surface area contributed by atoms with E-state index in [-0.39, 0.29) is 12.1 Å². The van der Waals surface area contributed by atoms with Crippen molar-refractivity contribution in [3.63, 3.8) is 0 Å². The van der Waals surface area contributed by atoms with Gasteiger partial charge in [-0.3, -0.25) is 4.90 Å². The van der Waals surface area contributed by atoms with Gasteiger partial charge in [0.1, 0.15) is 11.9 Å². The van der Waals surface area contributed by atoms with Crippen LogP contribution >= 0.6 is 0 Å². The molecule has 0 saturated carbocycles. The summed E-state index contributed by atoms with van der Waals surface area (Å²) in [4.78, 5) is 13.4. The average molecular weight is 220 g/mol. The summed E-state index contributed by atoms with van der Waals surface area (Å²) in [6.07, 6.45) is 0.0200. The molecular weight excluding hydrogens is 204 g/mol. The van der Waals surface area contributed by atoms with Crippen LogP contribution in [0.4, 0.5) is 10.5 Å². The molecular formula is C12H16N2O2. The molecule has 0 fully saturated rings. The molecule has 0 aliphatic carbocycles. The number of rotatable bonds is 0. The second-order valence-electron chi connectivity index (χ2n) is 4.07. The van der Waals surface area contributed by atoms with Gasteiger partial charge in [-0.05, 0) is 31.5 Å². The second kappa shape index (κ2) is 4.04. The number of hydrogen-bond donors (Lipinski definition) is 1. The topological polar surface area (TPSA) is 41.6 Å². The van der Waals surface area contributed by atoms with Crippen molar-refractivity contribution in [3.8, 4) is 5.75 Å². The lowest BCUT2D eigenvalue weighted by atomic mass is 10.1. The zero-order valence-electron chi connectivity index (χ0n) is 9.78. The Hall–Kier alpha value is -1.71. The highest BCUT2D eigenvalue weighted by atomic mass is 16.5. The van der Waals surface area contributed by atoms with Crippen LogP contribution in [0.2, 0.25) is 0 Å². The largest absolute Gasteiger partial charge is 0.487 e. The Morgan fingerprint density at radius 3 is 3.00 bits per heavy atom. The first-order valence-corrected chi connectivity index (χ1v) is 5.38. The van der Waals surface area contributed by atoms with Gasteiger partial charge in [0.05, 0.1) is 12.2 Å². The molecule has 2 rings (SSSR count). The van der Waals surface area contributed by atoms with E-state index in [1.54, 1.807) is 11.9 Å². The summed E-state index contributed by atoms with van der Waals surface area (Å²) in [5.41, 5.74) is 1.97. The number of fused-ring (bicyclic) bond motifs is 1. The molecule has 0 spiro atoms. The standard InChI is InChI=1S/C12H16N2O2/c1-8-4-5-10-11(6-8)16-9(2)7-14(10)12(15)13-3/h4-6,9H,7H2,1-3H3,(H,13,15)/t9-/m0/s1. The second-order valence-corrected chi connectivity index (χ2v) is 4.07. The Morgan fingerprint density at radius 2 is 2.31 bits per heavy atom. The molecule has 1 heterocycles. The van der Waals surface area contributed by atoms with Gasteiger partial charge in [0.15, 0.2) is 0 Å². The highest BCUT2D eigenvalue weighted by Crippen LogP contribution is 2.34. The third-order valence-corrected chi connectivity index (χ3v) is 2.63. The first-order valence-electron chi connectivity index (χ1n) is 5.38. The van der Waals surface area contributed by atoms with Crippen molar-refractivity contribution in [1.82, 2.24) is 5.32 Å². The smallest absolute Gasteiger partial charge is 0.321 e. The maximum Gasteiger partial charge on any atom is 0.321 e. The highest BCUT2D eigenvalue weighted by Gasteiger charge is 2.26. The van der Waals surface area contributed by atoms with Crippen LogP contribution in [-0.4, -0.2) is 25.7 Å². The number of nitrogens with one attached hydrogen (secondary N) is 1. The van der Waals surface area contributed by atoms with Crippen LogP contribution in [0.1, 0.15) is 12.5 Å². The van der Waals surface area contributed by atoms with E-state index in [0.717, 1.165) is 17.0 Å². The van der Waals surface area contributed by atoms with E-state index < -0.39 is 0 Å². The van der Waals surface area contributed by atoms with Gasteiger partial charge in [0, 0.05) is 7.05 Å². The molecule has 4 nitrogen and oxygen atoms in total. The maximum absolute atomic E-state index is 11.7. The number of aryl methyl sites for hydroxylation is 1. The van der Waals surface area contributed by atoms with Gasteiger partial charge >= 0.3 is 6.03 Å². The fraction of sp³-hybridized carbons (Fsp3) is 0.417. The summed E-state index contributed by atoms with van der Waals surface area (Å²) in [5.74, 6) is 0.780. The Labute approximate surface area is 95.2 Å². The molecule has 1 aliphatic heterocycles. The van der Waals surface area contributed by atoms with Gasteiger partial charge in [-0.25, -0.2) is 4.79 Å². The number of benzene rings is 1. The summed E-state index contributed by atoms with van der Waals surface area (Å²) in [5, 5.41) is 2.64. The molecule has 1 aliphatic rings. The van der Waals surface area contributed by atoms with Crippen LogP contribution in [0.25, 0.3) is 0 Å². The van der Waals surface area contributed by atoms with Crippen molar-refractivity contribution >= 4 is 11.7 Å². The minimum Gasteiger partial charge on any atom is -0.487 e. The van der Waals surface area contributed by atoms with Crippen LogP contribution in [0.5, 0.6) is 5.75 Å². The van der Waals surface area contributed by atoms with E-state index in [1.807, 2.05) is 32.0 Å². The zero-order chi connectivity index (χ0) is 11.7. The quantitative estimate of drug-likeness (QED) is 0.725. The number of carbonyl (C=O) groups excluding carboxylic acids is 1. The fourth-order valence-electron chi connectivity index (χ4n) is 1.88. The minimum absolute atomic E-state index is 0.0200. The van der Waals surface area contributed by atoms with Gasteiger partial charge in [-0.15, -0.1) is 0 Å². The van der Waals surface area contributed by atoms with Gasteiger partial charge in [-0.2, -0.15) is 0 Å². The number of amides is 2. The summed E-state index contributed by atoms with van der Waals surface area (Å²) in [6, 6.07) is 5.76. The summed E-state index contributed by atoms with van der Waals surface area (Å²) >= 11 is 0. The van der Waals surface area contributed by atoms with Crippen LogP contribution < -0.4 is 15.0 Å². The van der Waals surface area contributed by atoms with E-state index in [9.17, 15) is 4.79 Å². The first kappa shape index (κ1) is 10.8. The number of carbonyl (C=O) groups is 1. The highest BCUT2D eigenvalue weighted by molar-refractivity contribution is 5.94. The molecule has 0 bridgehead atoms. The fourth-order valence-corrected chi connectivity index (χ4v) is 1.88. The monoisotopic (exact) mass is 220 g/mol. The third kappa shape index (κ3) is 1.83. The lowest BCUT2D eigenvalue weighted by Gasteiger charge is -2.33. The number of ether oxygens (including phenoxy) is 1. The molecule has 1 atom stereocenters. The van der Waals surface area contributed by atoms with Gasteiger partial charge in [0.25, 0.3) is 0 Å². The molecule has 86 valence electrons. The summed E-state index contributed by atoms with van der Waals surface area (Å²) < 4.78 is 5.72. The molecule has 16 heavy (non-hydrogen) atoms. The molecule has 1 aromatic carbocycles. The Morgan fingerprint density at radius 1 is 1.56 bits per heavy atom. The van der Waals surface area contributed by atoms with Crippen LogP contribution in [0.15, 0.2) is 18.2 Å². The minimum atomic E-state index is -0.0970. The molecule has 1 N–H and O–H groups in total. The van der Waals surface area contributed by atoms with Gasteiger partial charge in [-0.1, -0.05) is 6.07 Å². The lowest BCUT2D eigenvalue weighted by molar-refractivity contribution is 0.206. The predicted molar refractivity (Wildman–Crippen MR) is 63.1 cm³/mol. The van der Waals surface area contributed by atoms with E-state index in [4.69, 9.17) is 4.74 Å². The van der Waals surface area contributed by atoms with Crippen LogP contribution in [0, 0.1) is 6.92 Å². The molecule has 2 amide bonds. The van der Waals surface area contributed by atoms with Crippen molar-refractivity contribution in [2.24, 2.45) is 0 Å². The van der Waals surface area contributed by atoms with Gasteiger partial charge < -0.3 is 10.1 Å². The molecule has 0 unspecified atom stereocenters. The number of nitrogens with zero attached hydrogens (tertiary/aromatic N) is 1. The summed E-state index contributed by atoms with van der Waals surface area (Å²) in [6.45, 7) is 4.55. The van der Waals surface area contributed by atoms with Crippen molar-refractivity contribution in [1.29, 1.82) is 0 Å². The Bertz CT molecular complexity index is 417. The van der Waals surface area contributed by atoms with E-state index in [0.29, 0.717) is 6.54 Å². The van der Waals surface area contributed by atoms with Crippen LogP contribution in [0.3, 0.4) is 0 Å². The predicted octanol–water partition coefficient (Wildman–Crippen LogP) is 1.92. The Kier molecular flexibility index (Phi) is 2.73. The SMILES string of the molecule is CNC(=O)N1C[C@H](C)Oc2cc(C)ccc21.